The number of phenols is 1. The summed E-state index contributed by atoms with van der Waals surface area (Å²) in [5.41, 5.74) is 4.05. The van der Waals surface area contributed by atoms with Crippen molar-refractivity contribution in [2.24, 2.45) is 0 Å². The largest absolute Gasteiger partial charge is 0.508 e. The SMILES string of the molecule is COc1cc(=O)c2cc(C)c(C)cc2n1Cc1ccc(O)cc1. The second-order valence-corrected chi connectivity index (χ2v) is 5.76. The Morgan fingerprint density at radius 2 is 1.70 bits per heavy atom. The number of aromatic nitrogens is 1. The van der Waals surface area contributed by atoms with Gasteiger partial charge in [0, 0.05) is 11.5 Å². The van der Waals surface area contributed by atoms with Crippen LogP contribution in [0.1, 0.15) is 16.7 Å². The number of aromatic hydroxyl groups is 1. The van der Waals surface area contributed by atoms with E-state index in [4.69, 9.17) is 4.74 Å². The summed E-state index contributed by atoms with van der Waals surface area (Å²) in [7, 11) is 1.56. The Kier molecular flexibility index (Phi) is 3.82. The third-order valence-corrected chi connectivity index (χ3v) is 4.18. The van der Waals surface area contributed by atoms with Crippen LogP contribution in [-0.2, 0) is 6.54 Å². The maximum atomic E-state index is 12.3. The van der Waals surface area contributed by atoms with Gasteiger partial charge in [-0.15, -0.1) is 0 Å². The molecule has 0 fully saturated rings. The number of phenolic OH excluding ortho intramolecular Hbond substituents is 1. The highest BCUT2D eigenvalue weighted by molar-refractivity contribution is 5.81. The molecule has 4 heteroatoms. The molecule has 1 aromatic heterocycles. The second-order valence-electron chi connectivity index (χ2n) is 5.76. The maximum Gasteiger partial charge on any atom is 0.197 e. The zero-order valence-corrected chi connectivity index (χ0v) is 13.5. The molecule has 118 valence electrons. The Labute approximate surface area is 134 Å². The molecule has 2 aromatic carbocycles. The number of pyridine rings is 1. The Bertz CT molecular complexity index is 924. The van der Waals surface area contributed by atoms with Crippen LogP contribution in [0.2, 0.25) is 0 Å². The molecular formula is C19H19NO3. The summed E-state index contributed by atoms with van der Waals surface area (Å²) in [5.74, 6) is 0.760. The lowest BCUT2D eigenvalue weighted by atomic mass is 10.1. The van der Waals surface area contributed by atoms with E-state index in [1.54, 1.807) is 19.2 Å². The Balaban J connectivity index is 2.24. The fourth-order valence-corrected chi connectivity index (χ4v) is 2.72. The molecule has 1 heterocycles. The van der Waals surface area contributed by atoms with E-state index in [0.29, 0.717) is 17.8 Å². The summed E-state index contributed by atoms with van der Waals surface area (Å²) in [5, 5.41) is 10.1. The zero-order valence-electron chi connectivity index (χ0n) is 13.5. The molecule has 0 spiro atoms. The molecule has 0 radical (unpaired) electrons. The number of ether oxygens (including phenoxy) is 1. The van der Waals surface area contributed by atoms with Crippen LogP contribution in [0.5, 0.6) is 11.6 Å². The average molecular weight is 309 g/mol. The van der Waals surface area contributed by atoms with Crippen molar-refractivity contribution in [2.45, 2.75) is 20.4 Å². The van der Waals surface area contributed by atoms with Crippen LogP contribution in [0.15, 0.2) is 47.3 Å². The molecule has 3 aromatic rings. The van der Waals surface area contributed by atoms with Crippen LogP contribution in [-0.4, -0.2) is 16.8 Å². The Morgan fingerprint density at radius 1 is 1.04 bits per heavy atom. The first-order valence-electron chi connectivity index (χ1n) is 7.46. The van der Waals surface area contributed by atoms with Gasteiger partial charge in [0.15, 0.2) is 11.3 Å². The van der Waals surface area contributed by atoms with Crippen LogP contribution in [0.3, 0.4) is 0 Å². The molecule has 0 bridgehead atoms. The molecule has 23 heavy (non-hydrogen) atoms. The van der Waals surface area contributed by atoms with Crippen molar-refractivity contribution in [3.63, 3.8) is 0 Å². The van der Waals surface area contributed by atoms with Crippen LogP contribution in [0, 0.1) is 13.8 Å². The number of hydrogen-bond donors (Lipinski definition) is 1. The number of fused-ring (bicyclic) bond motifs is 1. The molecule has 0 aliphatic rings. The summed E-state index contributed by atoms with van der Waals surface area (Å²) < 4.78 is 7.40. The minimum absolute atomic E-state index is 0.0399. The normalized spacial score (nSPS) is 10.9. The van der Waals surface area contributed by atoms with Gasteiger partial charge in [0.25, 0.3) is 0 Å². The maximum absolute atomic E-state index is 12.3. The third-order valence-electron chi connectivity index (χ3n) is 4.18. The summed E-state index contributed by atoms with van der Waals surface area (Å²) in [6.07, 6.45) is 0. The molecule has 4 nitrogen and oxygen atoms in total. The van der Waals surface area contributed by atoms with Gasteiger partial charge < -0.3 is 14.4 Å². The zero-order chi connectivity index (χ0) is 16.6. The Morgan fingerprint density at radius 3 is 2.35 bits per heavy atom. The van der Waals surface area contributed by atoms with Gasteiger partial charge in [-0.05, 0) is 54.8 Å². The summed E-state index contributed by atoms with van der Waals surface area (Å²) in [4.78, 5) is 12.3. The molecule has 0 aliphatic carbocycles. The molecule has 1 N–H and O–H groups in total. The first kappa shape index (κ1) is 15.2. The topological polar surface area (TPSA) is 51.5 Å². The van der Waals surface area contributed by atoms with Crippen molar-refractivity contribution >= 4 is 10.9 Å². The van der Waals surface area contributed by atoms with Gasteiger partial charge in [-0.2, -0.15) is 0 Å². The number of methoxy groups -OCH3 is 1. The fraction of sp³-hybridized carbons (Fsp3) is 0.211. The van der Waals surface area contributed by atoms with Crippen molar-refractivity contribution in [3.05, 3.63) is 69.4 Å². The number of rotatable bonds is 3. The third kappa shape index (κ3) is 2.80. The van der Waals surface area contributed by atoms with E-state index in [1.807, 2.05) is 42.7 Å². The summed E-state index contributed by atoms with van der Waals surface area (Å²) in [6.45, 7) is 4.59. The average Bonchev–Trinajstić information content (AvgIpc) is 2.53. The second kappa shape index (κ2) is 5.80. The molecule has 3 rings (SSSR count). The van der Waals surface area contributed by atoms with Crippen molar-refractivity contribution in [1.82, 2.24) is 4.57 Å². The van der Waals surface area contributed by atoms with Gasteiger partial charge >= 0.3 is 0 Å². The van der Waals surface area contributed by atoms with Crippen LogP contribution >= 0.6 is 0 Å². The predicted octanol–water partition coefficient (Wildman–Crippen LogP) is 3.38. The lowest BCUT2D eigenvalue weighted by Gasteiger charge is -2.17. The fourth-order valence-electron chi connectivity index (χ4n) is 2.72. The standard InChI is InChI=1S/C19H19NO3/c1-12-8-16-17(9-13(12)2)20(19(23-3)10-18(16)22)11-14-4-6-15(21)7-5-14/h4-10,21H,11H2,1-3H3. The van der Waals surface area contributed by atoms with E-state index in [2.05, 4.69) is 0 Å². The monoisotopic (exact) mass is 309 g/mol. The molecule has 0 atom stereocenters. The van der Waals surface area contributed by atoms with Crippen molar-refractivity contribution in [1.29, 1.82) is 0 Å². The highest BCUT2D eigenvalue weighted by Gasteiger charge is 2.11. The predicted molar refractivity (Wildman–Crippen MR) is 91.4 cm³/mol. The highest BCUT2D eigenvalue weighted by atomic mass is 16.5. The highest BCUT2D eigenvalue weighted by Crippen LogP contribution is 2.23. The lowest BCUT2D eigenvalue weighted by molar-refractivity contribution is 0.376. The number of aryl methyl sites for hydroxylation is 2. The van der Waals surface area contributed by atoms with Gasteiger partial charge in [-0.3, -0.25) is 4.79 Å². The van der Waals surface area contributed by atoms with E-state index in [1.165, 1.54) is 6.07 Å². The van der Waals surface area contributed by atoms with Crippen LogP contribution in [0.4, 0.5) is 0 Å². The van der Waals surface area contributed by atoms with Gasteiger partial charge in [0.1, 0.15) is 5.75 Å². The molecule has 0 unspecified atom stereocenters. The van der Waals surface area contributed by atoms with Gasteiger partial charge in [-0.1, -0.05) is 12.1 Å². The van der Waals surface area contributed by atoms with Gasteiger partial charge in [0.2, 0.25) is 0 Å². The molecule has 0 saturated heterocycles. The molecular weight excluding hydrogens is 290 g/mol. The van der Waals surface area contributed by atoms with Gasteiger partial charge in [-0.25, -0.2) is 0 Å². The summed E-state index contributed by atoms with van der Waals surface area (Å²) >= 11 is 0. The quantitative estimate of drug-likeness (QED) is 0.807. The minimum Gasteiger partial charge on any atom is -0.508 e. The molecule has 0 amide bonds. The first-order valence-corrected chi connectivity index (χ1v) is 7.46. The van der Waals surface area contributed by atoms with E-state index >= 15 is 0 Å². The van der Waals surface area contributed by atoms with E-state index in [-0.39, 0.29) is 11.2 Å². The summed E-state index contributed by atoms with van der Waals surface area (Å²) in [6, 6.07) is 12.5. The first-order chi connectivity index (χ1) is 11.0. The van der Waals surface area contributed by atoms with E-state index in [9.17, 15) is 9.90 Å². The molecule has 0 saturated carbocycles. The van der Waals surface area contributed by atoms with Crippen LogP contribution in [0.25, 0.3) is 10.9 Å². The number of hydrogen-bond acceptors (Lipinski definition) is 3. The smallest absolute Gasteiger partial charge is 0.197 e. The van der Waals surface area contributed by atoms with Crippen molar-refractivity contribution in [2.75, 3.05) is 7.11 Å². The van der Waals surface area contributed by atoms with Crippen molar-refractivity contribution < 1.29 is 9.84 Å². The van der Waals surface area contributed by atoms with Gasteiger partial charge in [0.05, 0.1) is 19.2 Å². The van der Waals surface area contributed by atoms with E-state index < -0.39 is 0 Å². The van der Waals surface area contributed by atoms with Crippen molar-refractivity contribution in [3.8, 4) is 11.6 Å². The van der Waals surface area contributed by atoms with Crippen LogP contribution < -0.4 is 10.2 Å². The molecule has 0 aliphatic heterocycles. The lowest BCUT2D eigenvalue weighted by Crippen LogP contribution is -2.13. The number of nitrogens with zero attached hydrogens (tertiary/aromatic N) is 1. The Hall–Kier alpha value is -2.75. The number of benzene rings is 2. The van der Waals surface area contributed by atoms with E-state index in [0.717, 1.165) is 22.2 Å². The minimum atomic E-state index is -0.0399.